The second-order valence-corrected chi connectivity index (χ2v) is 6.06. The van der Waals surface area contributed by atoms with E-state index in [2.05, 4.69) is 20.0 Å². The van der Waals surface area contributed by atoms with E-state index in [1.807, 2.05) is 0 Å². The van der Waals surface area contributed by atoms with Crippen LogP contribution in [0.25, 0.3) is 11.0 Å². The Morgan fingerprint density at radius 3 is 2.83 bits per heavy atom. The number of methoxy groups -OCH3 is 1. The number of H-pyrrole nitrogens is 2. The van der Waals surface area contributed by atoms with Crippen molar-refractivity contribution in [3.05, 3.63) is 28.3 Å². The van der Waals surface area contributed by atoms with Crippen LogP contribution < -0.4 is 5.32 Å². The quantitative estimate of drug-likeness (QED) is 0.578. The van der Waals surface area contributed by atoms with Gasteiger partial charge in [0.15, 0.2) is 4.77 Å². The summed E-state index contributed by atoms with van der Waals surface area (Å²) >= 11 is 4.99. The van der Waals surface area contributed by atoms with Crippen molar-refractivity contribution in [1.29, 1.82) is 0 Å². The summed E-state index contributed by atoms with van der Waals surface area (Å²) in [6.45, 7) is 0. The highest BCUT2D eigenvalue weighted by Gasteiger charge is 2.34. The summed E-state index contributed by atoms with van der Waals surface area (Å²) in [5.74, 6) is -1.11. The lowest BCUT2D eigenvalue weighted by atomic mass is 10.1. The lowest BCUT2D eigenvalue weighted by Crippen LogP contribution is -2.38. The van der Waals surface area contributed by atoms with Crippen LogP contribution in [0, 0.1) is 16.5 Å². The third-order valence-corrected chi connectivity index (χ3v) is 4.16. The summed E-state index contributed by atoms with van der Waals surface area (Å²) < 4.78 is 18.7. The smallest absolute Gasteiger partial charge is 0.307 e. The number of imidazole rings is 1. The second-order valence-electron chi connectivity index (χ2n) is 5.65. The van der Waals surface area contributed by atoms with Crippen LogP contribution in [0.2, 0.25) is 0 Å². The zero-order valence-electron chi connectivity index (χ0n) is 12.4. The number of hydrogen-bond donors (Lipinski definition) is 3. The van der Waals surface area contributed by atoms with E-state index in [0.717, 1.165) is 18.9 Å². The standard InChI is InChI=1S/C15H16FN3O3S/c1-22-12(20)6-10(7-2-3-7)17-14(21)9-4-8(16)5-11-13(9)19-15(23)18-11/h4-5,7,10H,2-3,6H2,1H3,(H,17,21)(H2,18,19,23)/t10-/m1/s1. The molecule has 0 saturated heterocycles. The van der Waals surface area contributed by atoms with Crippen molar-refractivity contribution < 1.29 is 18.7 Å². The van der Waals surface area contributed by atoms with Gasteiger partial charge in [0.2, 0.25) is 0 Å². The van der Waals surface area contributed by atoms with Crippen molar-refractivity contribution in [2.45, 2.75) is 25.3 Å². The molecule has 1 heterocycles. The van der Waals surface area contributed by atoms with Crippen molar-refractivity contribution >= 4 is 35.1 Å². The van der Waals surface area contributed by atoms with Gasteiger partial charge in [-0.2, -0.15) is 0 Å². The topological polar surface area (TPSA) is 87.0 Å². The Kier molecular flexibility index (Phi) is 4.16. The van der Waals surface area contributed by atoms with Crippen LogP contribution in [-0.2, 0) is 9.53 Å². The monoisotopic (exact) mass is 337 g/mol. The molecule has 1 aromatic heterocycles. The number of benzene rings is 1. The minimum atomic E-state index is -0.538. The Bertz CT molecular complexity index is 825. The first-order valence-corrected chi connectivity index (χ1v) is 7.68. The van der Waals surface area contributed by atoms with Crippen molar-refractivity contribution in [2.24, 2.45) is 5.92 Å². The van der Waals surface area contributed by atoms with E-state index in [-0.39, 0.29) is 29.9 Å². The van der Waals surface area contributed by atoms with Gasteiger partial charge in [-0.15, -0.1) is 0 Å². The van der Waals surface area contributed by atoms with Gasteiger partial charge in [0.05, 0.1) is 30.1 Å². The molecule has 23 heavy (non-hydrogen) atoms. The highest BCUT2D eigenvalue weighted by atomic mass is 32.1. The summed E-state index contributed by atoms with van der Waals surface area (Å²) in [7, 11) is 1.31. The number of aromatic nitrogens is 2. The maximum atomic E-state index is 13.7. The van der Waals surface area contributed by atoms with Gasteiger partial charge in [0.25, 0.3) is 5.91 Å². The number of carbonyl (C=O) groups excluding carboxylic acids is 2. The first-order valence-electron chi connectivity index (χ1n) is 7.27. The number of hydrogen-bond acceptors (Lipinski definition) is 4. The van der Waals surface area contributed by atoms with Gasteiger partial charge in [-0.05, 0) is 43.1 Å². The molecule has 3 N–H and O–H groups in total. The maximum Gasteiger partial charge on any atom is 0.307 e. The summed E-state index contributed by atoms with van der Waals surface area (Å²) in [6, 6.07) is 2.11. The molecule has 2 aromatic rings. The summed E-state index contributed by atoms with van der Waals surface area (Å²) in [6.07, 6.45) is 2.01. The predicted molar refractivity (Wildman–Crippen MR) is 84.1 cm³/mol. The molecule has 1 aromatic carbocycles. The van der Waals surface area contributed by atoms with Gasteiger partial charge < -0.3 is 20.0 Å². The van der Waals surface area contributed by atoms with Crippen LogP contribution >= 0.6 is 12.2 Å². The highest BCUT2D eigenvalue weighted by Crippen LogP contribution is 2.34. The number of esters is 1. The van der Waals surface area contributed by atoms with E-state index in [1.54, 1.807) is 0 Å². The van der Waals surface area contributed by atoms with Crippen LogP contribution in [0.1, 0.15) is 29.6 Å². The summed E-state index contributed by atoms with van der Waals surface area (Å²) in [5.41, 5.74) is 1.03. The van der Waals surface area contributed by atoms with Crippen molar-refractivity contribution in [3.8, 4) is 0 Å². The molecule has 1 fully saturated rings. The number of nitrogens with one attached hydrogen (secondary N) is 3. The molecular formula is C15H16FN3O3S. The number of halogens is 1. The first kappa shape index (κ1) is 15.7. The van der Waals surface area contributed by atoms with Crippen molar-refractivity contribution in [2.75, 3.05) is 7.11 Å². The van der Waals surface area contributed by atoms with Gasteiger partial charge in [-0.1, -0.05) is 0 Å². The minimum absolute atomic E-state index is 0.106. The fourth-order valence-corrected chi connectivity index (χ4v) is 2.84. The number of carbonyl (C=O) groups is 2. The number of ether oxygens (including phenoxy) is 1. The number of aromatic amines is 2. The zero-order chi connectivity index (χ0) is 16.6. The molecule has 0 bridgehead atoms. The molecule has 0 unspecified atom stereocenters. The average Bonchev–Trinajstić information content (AvgIpc) is 3.27. The number of fused-ring (bicyclic) bond motifs is 1. The summed E-state index contributed by atoms with van der Waals surface area (Å²) in [5, 5.41) is 2.81. The van der Waals surface area contributed by atoms with E-state index in [4.69, 9.17) is 12.2 Å². The highest BCUT2D eigenvalue weighted by molar-refractivity contribution is 7.71. The Labute approximate surface area is 136 Å². The Balaban J connectivity index is 1.87. The minimum Gasteiger partial charge on any atom is -0.469 e. The Morgan fingerprint density at radius 2 is 2.17 bits per heavy atom. The molecule has 6 nitrogen and oxygen atoms in total. The molecule has 8 heteroatoms. The SMILES string of the molecule is COC(=O)C[C@@H](NC(=O)c1cc(F)cc2[nH]c(=S)[nH]c12)C1CC1. The van der Waals surface area contributed by atoms with E-state index >= 15 is 0 Å². The molecule has 1 atom stereocenters. The molecule has 0 radical (unpaired) electrons. The molecule has 1 saturated carbocycles. The maximum absolute atomic E-state index is 13.7. The van der Waals surface area contributed by atoms with Crippen LogP contribution in [0.5, 0.6) is 0 Å². The van der Waals surface area contributed by atoms with Gasteiger partial charge in [0.1, 0.15) is 5.82 Å². The van der Waals surface area contributed by atoms with Gasteiger partial charge in [-0.25, -0.2) is 4.39 Å². The molecule has 1 amide bonds. The predicted octanol–water partition coefficient (Wildman–Crippen LogP) is 2.44. The summed E-state index contributed by atoms with van der Waals surface area (Å²) in [4.78, 5) is 29.7. The molecule has 0 aliphatic heterocycles. The van der Waals surface area contributed by atoms with E-state index in [1.165, 1.54) is 13.2 Å². The molecule has 1 aliphatic carbocycles. The van der Waals surface area contributed by atoms with Gasteiger partial charge in [0, 0.05) is 6.04 Å². The largest absolute Gasteiger partial charge is 0.469 e. The third-order valence-electron chi connectivity index (χ3n) is 3.96. The van der Waals surface area contributed by atoms with Gasteiger partial charge in [-0.3, -0.25) is 9.59 Å². The van der Waals surface area contributed by atoms with Gasteiger partial charge >= 0.3 is 5.97 Å². The zero-order valence-corrected chi connectivity index (χ0v) is 13.3. The third kappa shape index (κ3) is 3.42. The lowest BCUT2D eigenvalue weighted by molar-refractivity contribution is -0.141. The van der Waals surface area contributed by atoms with E-state index in [0.29, 0.717) is 15.8 Å². The van der Waals surface area contributed by atoms with Crippen molar-refractivity contribution in [3.63, 3.8) is 0 Å². The molecule has 3 rings (SSSR count). The first-order chi connectivity index (χ1) is 11.0. The van der Waals surface area contributed by atoms with Crippen LogP contribution in [0.15, 0.2) is 12.1 Å². The number of rotatable bonds is 5. The Morgan fingerprint density at radius 1 is 1.43 bits per heavy atom. The van der Waals surface area contributed by atoms with Crippen molar-refractivity contribution in [1.82, 2.24) is 15.3 Å². The molecular weight excluding hydrogens is 321 g/mol. The lowest BCUT2D eigenvalue weighted by Gasteiger charge is -2.17. The Hall–Kier alpha value is -2.22. The average molecular weight is 337 g/mol. The molecule has 1 aliphatic rings. The number of amides is 1. The van der Waals surface area contributed by atoms with Crippen LogP contribution in [0.4, 0.5) is 4.39 Å². The van der Waals surface area contributed by atoms with Crippen LogP contribution in [0.3, 0.4) is 0 Å². The van der Waals surface area contributed by atoms with Crippen LogP contribution in [-0.4, -0.2) is 35.0 Å². The fourth-order valence-electron chi connectivity index (χ4n) is 2.63. The van der Waals surface area contributed by atoms with E-state index in [9.17, 15) is 14.0 Å². The molecule has 0 spiro atoms. The van der Waals surface area contributed by atoms with E-state index < -0.39 is 11.7 Å². The second kappa shape index (κ2) is 6.11. The fraction of sp³-hybridized carbons (Fsp3) is 0.400. The molecule has 122 valence electrons. The normalized spacial score (nSPS) is 15.4.